The SMILES string of the molecule is CCOC1CC(O)C12CCN(C(=O)C1CCCCCCC1N)CC2.Cl. The lowest BCUT2D eigenvalue weighted by Crippen LogP contribution is -2.63. The van der Waals surface area contributed by atoms with Crippen LogP contribution in [0.15, 0.2) is 0 Å². The monoisotopic (exact) mass is 374 g/mol. The Morgan fingerprint density at radius 2 is 1.84 bits per heavy atom. The topological polar surface area (TPSA) is 75.8 Å². The molecule has 1 aliphatic heterocycles. The van der Waals surface area contributed by atoms with Gasteiger partial charge >= 0.3 is 0 Å². The van der Waals surface area contributed by atoms with E-state index >= 15 is 0 Å². The second-order valence-corrected chi connectivity index (χ2v) is 8.02. The lowest BCUT2D eigenvalue weighted by Gasteiger charge is -2.56. The van der Waals surface area contributed by atoms with Gasteiger partial charge in [0.05, 0.1) is 18.1 Å². The Morgan fingerprint density at radius 1 is 1.20 bits per heavy atom. The summed E-state index contributed by atoms with van der Waals surface area (Å²) in [7, 11) is 0. The molecule has 1 heterocycles. The molecule has 2 aliphatic carbocycles. The predicted molar refractivity (Wildman–Crippen MR) is 101 cm³/mol. The molecule has 0 bridgehead atoms. The molecular formula is C19H35ClN2O3. The molecule has 0 aromatic heterocycles. The number of piperidine rings is 1. The fourth-order valence-corrected chi connectivity index (χ4v) is 5.01. The number of aliphatic hydroxyl groups is 1. The van der Waals surface area contributed by atoms with Crippen LogP contribution in [0.25, 0.3) is 0 Å². The molecule has 1 saturated heterocycles. The van der Waals surface area contributed by atoms with Gasteiger partial charge in [-0.2, -0.15) is 0 Å². The third-order valence-electron chi connectivity index (χ3n) is 6.75. The van der Waals surface area contributed by atoms with Gasteiger partial charge < -0.3 is 20.5 Å². The molecule has 0 aromatic rings. The van der Waals surface area contributed by atoms with Crippen LogP contribution in [-0.2, 0) is 9.53 Å². The maximum absolute atomic E-state index is 13.0. The van der Waals surface area contributed by atoms with Gasteiger partial charge in [-0.25, -0.2) is 0 Å². The summed E-state index contributed by atoms with van der Waals surface area (Å²) in [6.07, 6.45) is 9.00. The van der Waals surface area contributed by atoms with E-state index in [1.54, 1.807) is 0 Å². The molecule has 3 fully saturated rings. The van der Waals surface area contributed by atoms with Crippen molar-refractivity contribution in [1.82, 2.24) is 4.90 Å². The number of halogens is 1. The molecule has 25 heavy (non-hydrogen) atoms. The van der Waals surface area contributed by atoms with Gasteiger partial charge in [0.2, 0.25) is 5.91 Å². The molecule has 0 aromatic carbocycles. The van der Waals surface area contributed by atoms with E-state index in [-0.39, 0.29) is 47.9 Å². The van der Waals surface area contributed by atoms with E-state index in [2.05, 4.69) is 0 Å². The number of nitrogens with two attached hydrogens (primary N) is 1. The second-order valence-electron chi connectivity index (χ2n) is 8.02. The number of ether oxygens (including phenoxy) is 1. The quantitative estimate of drug-likeness (QED) is 0.795. The standard InChI is InChI=1S/C19H34N2O3.ClH/c1-2-24-17-13-16(22)19(17)9-11-21(12-10-19)18(23)14-7-5-3-4-6-8-15(14)20;/h14-17,22H,2-13,20H2,1H3;1H. The molecule has 3 N–H and O–H groups in total. The van der Waals surface area contributed by atoms with Crippen LogP contribution in [0.4, 0.5) is 0 Å². The van der Waals surface area contributed by atoms with Crippen LogP contribution in [0.5, 0.6) is 0 Å². The van der Waals surface area contributed by atoms with E-state index in [4.69, 9.17) is 10.5 Å². The van der Waals surface area contributed by atoms with Crippen molar-refractivity contribution in [3.8, 4) is 0 Å². The van der Waals surface area contributed by atoms with Crippen LogP contribution in [0.3, 0.4) is 0 Å². The normalized spacial score (nSPS) is 35.2. The van der Waals surface area contributed by atoms with Crippen LogP contribution in [0.1, 0.15) is 64.7 Å². The van der Waals surface area contributed by atoms with Gasteiger partial charge in [-0.15, -0.1) is 12.4 Å². The van der Waals surface area contributed by atoms with Crippen molar-refractivity contribution in [1.29, 1.82) is 0 Å². The summed E-state index contributed by atoms with van der Waals surface area (Å²) >= 11 is 0. The average molecular weight is 375 g/mol. The zero-order valence-corrected chi connectivity index (χ0v) is 16.3. The molecule has 1 spiro atoms. The van der Waals surface area contributed by atoms with Gasteiger partial charge in [-0.1, -0.05) is 25.7 Å². The third-order valence-corrected chi connectivity index (χ3v) is 6.75. The molecule has 0 radical (unpaired) electrons. The van der Waals surface area contributed by atoms with Gasteiger partial charge in [-0.3, -0.25) is 4.79 Å². The Morgan fingerprint density at radius 3 is 2.44 bits per heavy atom. The molecule has 6 heteroatoms. The number of likely N-dealkylation sites (tertiary alicyclic amines) is 1. The van der Waals surface area contributed by atoms with Crippen molar-refractivity contribution < 1.29 is 14.6 Å². The Kier molecular flexibility index (Phi) is 7.56. The molecular weight excluding hydrogens is 340 g/mol. The van der Waals surface area contributed by atoms with Crippen LogP contribution in [0.2, 0.25) is 0 Å². The first-order valence-corrected chi connectivity index (χ1v) is 9.92. The number of hydrogen-bond donors (Lipinski definition) is 2. The Hall–Kier alpha value is -0.360. The molecule has 1 amide bonds. The van der Waals surface area contributed by atoms with Crippen molar-refractivity contribution in [2.24, 2.45) is 17.1 Å². The lowest BCUT2D eigenvalue weighted by atomic mass is 9.58. The Bertz CT molecular complexity index is 438. The van der Waals surface area contributed by atoms with E-state index in [1.807, 2.05) is 11.8 Å². The Balaban J connectivity index is 0.00000225. The zero-order valence-electron chi connectivity index (χ0n) is 15.5. The number of rotatable bonds is 3. The molecule has 2 saturated carbocycles. The summed E-state index contributed by atoms with van der Waals surface area (Å²) in [5, 5.41) is 10.3. The summed E-state index contributed by atoms with van der Waals surface area (Å²) in [6, 6.07) is 0.0131. The maximum Gasteiger partial charge on any atom is 0.227 e. The van der Waals surface area contributed by atoms with Crippen molar-refractivity contribution >= 4 is 18.3 Å². The number of carbonyl (C=O) groups excluding carboxylic acids is 1. The number of aliphatic hydroxyl groups excluding tert-OH is 1. The summed E-state index contributed by atoms with van der Waals surface area (Å²) in [5.74, 6) is 0.245. The molecule has 5 nitrogen and oxygen atoms in total. The largest absolute Gasteiger partial charge is 0.392 e. The van der Waals surface area contributed by atoms with Gasteiger partial charge in [0.15, 0.2) is 0 Å². The highest BCUT2D eigenvalue weighted by Crippen LogP contribution is 2.51. The summed E-state index contributed by atoms with van der Waals surface area (Å²) in [5.41, 5.74) is 6.21. The average Bonchev–Trinajstić information content (AvgIpc) is 2.58. The molecule has 4 unspecified atom stereocenters. The van der Waals surface area contributed by atoms with E-state index < -0.39 is 0 Å². The van der Waals surface area contributed by atoms with Crippen LogP contribution >= 0.6 is 12.4 Å². The number of carbonyl (C=O) groups is 1. The van der Waals surface area contributed by atoms with Gasteiger partial charge in [0, 0.05) is 37.6 Å². The first-order valence-electron chi connectivity index (χ1n) is 9.92. The summed E-state index contributed by atoms with van der Waals surface area (Å²) in [4.78, 5) is 15.0. The molecule has 3 rings (SSSR count). The minimum Gasteiger partial charge on any atom is -0.392 e. The minimum absolute atomic E-state index is 0. The van der Waals surface area contributed by atoms with E-state index in [9.17, 15) is 9.90 Å². The van der Waals surface area contributed by atoms with Gasteiger partial charge in [0.1, 0.15) is 0 Å². The highest BCUT2D eigenvalue weighted by Gasteiger charge is 2.56. The lowest BCUT2D eigenvalue weighted by molar-refractivity contribution is -0.210. The smallest absolute Gasteiger partial charge is 0.227 e. The zero-order chi connectivity index (χ0) is 17.2. The first-order chi connectivity index (χ1) is 11.6. The van der Waals surface area contributed by atoms with Crippen molar-refractivity contribution in [2.45, 2.75) is 83.0 Å². The predicted octanol–water partition coefficient (Wildman–Crippen LogP) is 2.48. The maximum atomic E-state index is 13.0. The van der Waals surface area contributed by atoms with E-state index in [0.29, 0.717) is 6.61 Å². The van der Waals surface area contributed by atoms with Crippen molar-refractivity contribution in [2.75, 3.05) is 19.7 Å². The molecule has 146 valence electrons. The molecule has 4 atom stereocenters. The van der Waals surface area contributed by atoms with Crippen LogP contribution < -0.4 is 5.73 Å². The Labute approximate surface area is 158 Å². The number of hydrogen-bond acceptors (Lipinski definition) is 4. The van der Waals surface area contributed by atoms with Crippen molar-refractivity contribution in [3.63, 3.8) is 0 Å². The first kappa shape index (κ1) is 20.9. The second kappa shape index (κ2) is 9.03. The van der Waals surface area contributed by atoms with E-state index in [0.717, 1.165) is 58.0 Å². The highest BCUT2D eigenvalue weighted by atomic mass is 35.5. The summed E-state index contributed by atoms with van der Waals surface area (Å²) < 4.78 is 5.82. The highest BCUT2D eigenvalue weighted by molar-refractivity contribution is 5.85. The van der Waals surface area contributed by atoms with Crippen LogP contribution in [0, 0.1) is 11.3 Å². The van der Waals surface area contributed by atoms with E-state index in [1.165, 1.54) is 12.8 Å². The van der Waals surface area contributed by atoms with Gasteiger partial charge in [-0.05, 0) is 32.6 Å². The molecule has 3 aliphatic rings. The fraction of sp³-hybridized carbons (Fsp3) is 0.947. The fourth-order valence-electron chi connectivity index (χ4n) is 5.01. The minimum atomic E-state index is -0.269. The number of amides is 1. The number of nitrogens with zero attached hydrogens (tertiary/aromatic N) is 1. The van der Waals surface area contributed by atoms with Crippen LogP contribution in [-0.4, -0.2) is 53.9 Å². The third kappa shape index (κ3) is 4.15. The van der Waals surface area contributed by atoms with Gasteiger partial charge in [0.25, 0.3) is 0 Å². The summed E-state index contributed by atoms with van der Waals surface area (Å²) in [6.45, 7) is 4.18. The van der Waals surface area contributed by atoms with Crippen molar-refractivity contribution in [3.05, 3.63) is 0 Å².